The topological polar surface area (TPSA) is 52.6 Å². The maximum absolute atomic E-state index is 13.8. The summed E-state index contributed by atoms with van der Waals surface area (Å²) in [7, 11) is 3.22. The van der Waals surface area contributed by atoms with Gasteiger partial charge in [0.15, 0.2) is 0 Å². The minimum atomic E-state index is -5.02. The van der Waals surface area contributed by atoms with Gasteiger partial charge in [0.1, 0.15) is 11.5 Å². The Morgan fingerprint density at radius 1 is 0.925 bits per heavy atom. The average molecular weight is 570 g/mol. The second-order valence-corrected chi connectivity index (χ2v) is 9.76. The molecule has 1 fully saturated rings. The van der Waals surface area contributed by atoms with Crippen molar-refractivity contribution in [3.8, 4) is 11.1 Å². The number of carbonyl (C=O) groups excluding carboxylic acids is 1. The summed E-state index contributed by atoms with van der Waals surface area (Å²) in [5.41, 5.74) is -2.20. The standard InChI is InChI=1S/C27H26F7N5O/c1-16-10-20(28)4-5-21(16)22-14-35-25(39-8-6-37(2)7-9-39)36-23(22)24(40)38(3)15-17-11-18(26(29,30)31)13-19(12-17)27(32,33)34/h4-5,10-14H,6-9,15H2,1-3H3. The predicted molar refractivity (Wildman–Crippen MR) is 134 cm³/mol. The molecule has 1 saturated heterocycles. The normalized spacial score (nSPS) is 14.9. The third-order valence-electron chi connectivity index (χ3n) is 6.66. The molecule has 40 heavy (non-hydrogen) atoms. The maximum atomic E-state index is 13.8. The molecule has 1 aliphatic heterocycles. The van der Waals surface area contributed by atoms with Crippen molar-refractivity contribution in [3.05, 3.63) is 76.4 Å². The van der Waals surface area contributed by atoms with Crippen molar-refractivity contribution in [3.63, 3.8) is 0 Å². The molecule has 6 nitrogen and oxygen atoms in total. The van der Waals surface area contributed by atoms with Crippen LogP contribution in [0.4, 0.5) is 36.7 Å². The van der Waals surface area contributed by atoms with Crippen LogP contribution in [0.5, 0.6) is 0 Å². The number of amides is 1. The monoisotopic (exact) mass is 569 g/mol. The van der Waals surface area contributed by atoms with Crippen molar-refractivity contribution < 1.29 is 35.5 Å². The van der Waals surface area contributed by atoms with Crippen LogP contribution in [0.15, 0.2) is 42.6 Å². The molecule has 0 aliphatic carbocycles. The highest BCUT2D eigenvalue weighted by molar-refractivity contribution is 5.99. The van der Waals surface area contributed by atoms with E-state index in [9.17, 15) is 35.5 Å². The number of alkyl halides is 6. The third-order valence-corrected chi connectivity index (χ3v) is 6.66. The van der Waals surface area contributed by atoms with Crippen LogP contribution in [-0.4, -0.2) is 65.9 Å². The first-order chi connectivity index (χ1) is 18.6. The summed E-state index contributed by atoms with van der Waals surface area (Å²) in [6.07, 6.45) is -8.61. The number of halogens is 7. The lowest BCUT2D eigenvalue weighted by Gasteiger charge is -2.32. The number of carbonyl (C=O) groups is 1. The zero-order chi connectivity index (χ0) is 29.4. The van der Waals surface area contributed by atoms with E-state index >= 15 is 0 Å². The van der Waals surface area contributed by atoms with Crippen LogP contribution < -0.4 is 4.90 Å². The van der Waals surface area contributed by atoms with Gasteiger partial charge < -0.3 is 14.7 Å². The first kappa shape index (κ1) is 29.2. The predicted octanol–water partition coefficient (Wildman–Crippen LogP) is 5.65. The highest BCUT2D eigenvalue weighted by Gasteiger charge is 2.37. The molecule has 0 N–H and O–H groups in total. The minimum Gasteiger partial charge on any atom is -0.338 e. The van der Waals surface area contributed by atoms with Gasteiger partial charge in [-0.05, 0) is 61.0 Å². The van der Waals surface area contributed by atoms with Gasteiger partial charge in [0.2, 0.25) is 5.95 Å². The van der Waals surface area contributed by atoms with Crippen LogP contribution in [0.2, 0.25) is 0 Å². The quantitative estimate of drug-likeness (QED) is 0.372. The van der Waals surface area contributed by atoms with E-state index in [4.69, 9.17) is 0 Å². The highest BCUT2D eigenvalue weighted by atomic mass is 19.4. The summed E-state index contributed by atoms with van der Waals surface area (Å²) in [6.45, 7) is 3.69. The molecule has 3 aromatic rings. The number of hydrogen-bond donors (Lipinski definition) is 0. The van der Waals surface area contributed by atoms with Gasteiger partial charge in [-0.1, -0.05) is 6.07 Å². The van der Waals surface area contributed by atoms with Crippen LogP contribution in [0, 0.1) is 12.7 Å². The number of piperazine rings is 1. The lowest BCUT2D eigenvalue weighted by molar-refractivity contribution is -0.143. The van der Waals surface area contributed by atoms with E-state index in [1.54, 1.807) is 6.92 Å². The Bertz CT molecular complexity index is 1370. The lowest BCUT2D eigenvalue weighted by Crippen LogP contribution is -2.45. The molecule has 4 rings (SSSR count). The zero-order valence-corrected chi connectivity index (χ0v) is 21.9. The fraction of sp³-hybridized carbons (Fsp3) is 0.370. The molecular weight excluding hydrogens is 543 g/mol. The van der Waals surface area contributed by atoms with Gasteiger partial charge >= 0.3 is 12.4 Å². The number of rotatable bonds is 5. The van der Waals surface area contributed by atoms with Gasteiger partial charge in [0.05, 0.1) is 11.1 Å². The SMILES string of the molecule is Cc1cc(F)ccc1-c1cnc(N2CCN(C)CC2)nc1C(=O)N(C)Cc1cc(C(F)(F)F)cc(C(F)(F)F)c1. The summed E-state index contributed by atoms with van der Waals surface area (Å²) in [5.74, 6) is -0.986. The largest absolute Gasteiger partial charge is 0.416 e. The Hall–Kier alpha value is -3.74. The summed E-state index contributed by atoms with van der Waals surface area (Å²) < 4.78 is 93.9. The van der Waals surface area contributed by atoms with Gasteiger partial charge in [-0.3, -0.25) is 4.79 Å². The molecule has 2 aromatic carbocycles. The second-order valence-electron chi connectivity index (χ2n) is 9.76. The summed E-state index contributed by atoms with van der Waals surface area (Å²) in [6, 6.07) is 5.13. The Morgan fingerprint density at radius 3 is 2.08 bits per heavy atom. The first-order valence-electron chi connectivity index (χ1n) is 12.2. The van der Waals surface area contributed by atoms with Gasteiger partial charge in [-0.15, -0.1) is 0 Å². The van der Waals surface area contributed by atoms with Gasteiger partial charge in [0, 0.05) is 51.5 Å². The van der Waals surface area contributed by atoms with Crippen molar-refractivity contribution in [1.29, 1.82) is 0 Å². The molecule has 0 atom stereocenters. The molecule has 13 heteroatoms. The number of nitrogens with zero attached hydrogens (tertiary/aromatic N) is 5. The molecule has 214 valence electrons. The van der Waals surface area contributed by atoms with Crippen molar-refractivity contribution in [2.24, 2.45) is 0 Å². The smallest absolute Gasteiger partial charge is 0.338 e. The molecule has 0 unspecified atom stereocenters. The van der Waals surface area contributed by atoms with Crippen LogP contribution in [0.25, 0.3) is 11.1 Å². The Balaban J connectivity index is 1.74. The van der Waals surface area contributed by atoms with E-state index in [1.807, 2.05) is 11.9 Å². The molecule has 1 aromatic heterocycles. The number of aromatic nitrogens is 2. The highest BCUT2D eigenvalue weighted by Crippen LogP contribution is 2.37. The molecule has 0 radical (unpaired) electrons. The molecule has 1 aliphatic rings. The second kappa shape index (κ2) is 11.0. The zero-order valence-electron chi connectivity index (χ0n) is 21.9. The average Bonchev–Trinajstić information content (AvgIpc) is 2.87. The molecule has 2 heterocycles. The Kier molecular flexibility index (Phi) is 8.06. The van der Waals surface area contributed by atoms with E-state index in [0.29, 0.717) is 36.3 Å². The Labute approximate surface area is 226 Å². The van der Waals surface area contributed by atoms with Crippen LogP contribution in [0.3, 0.4) is 0 Å². The summed E-state index contributed by atoms with van der Waals surface area (Å²) in [5, 5.41) is 0. The first-order valence-corrected chi connectivity index (χ1v) is 12.2. The minimum absolute atomic E-state index is 0.0352. The number of anilines is 1. The van der Waals surface area contributed by atoms with Crippen molar-refractivity contribution >= 4 is 11.9 Å². The summed E-state index contributed by atoms with van der Waals surface area (Å²) >= 11 is 0. The van der Waals surface area contributed by atoms with E-state index < -0.39 is 41.7 Å². The Morgan fingerprint density at radius 2 is 1.52 bits per heavy atom. The number of benzene rings is 2. The molecule has 0 saturated carbocycles. The number of hydrogen-bond acceptors (Lipinski definition) is 5. The maximum Gasteiger partial charge on any atom is 0.416 e. The number of aryl methyl sites for hydroxylation is 1. The molecule has 0 spiro atoms. The van der Waals surface area contributed by atoms with E-state index in [2.05, 4.69) is 14.9 Å². The van der Waals surface area contributed by atoms with Gasteiger partial charge in [-0.25, -0.2) is 14.4 Å². The molecular formula is C27H26F7N5O. The van der Waals surface area contributed by atoms with Crippen LogP contribution >= 0.6 is 0 Å². The summed E-state index contributed by atoms with van der Waals surface area (Å²) in [4.78, 5) is 27.5. The van der Waals surface area contributed by atoms with Gasteiger partial charge in [0.25, 0.3) is 5.91 Å². The lowest BCUT2D eigenvalue weighted by atomic mass is 9.99. The fourth-order valence-corrected chi connectivity index (χ4v) is 4.46. The van der Waals surface area contributed by atoms with Crippen molar-refractivity contribution in [2.45, 2.75) is 25.8 Å². The fourth-order valence-electron chi connectivity index (χ4n) is 4.46. The third kappa shape index (κ3) is 6.52. The van der Waals surface area contributed by atoms with E-state index in [-0.39, 0.29) is 28.8 Å². The molecule has 1 amide bonds. The van der Waals surface area contributed by atoms with Crippen LogP contribution in [-0.2, 0) is 18.9 Å². The van der Waals surface area contributed by atoms with Crippen molar-refractivity contribution in [1.82, 2.24) is 19.8 Å². The van der Waals surface area contributed by atoms with Crippen LogP contribution in [0.1, 0.15) is 32.7 Å². The van der Waals surface area contributed by atoms with Crippen molar-refractivity contribution in [2.75, 3.05) is 45.2 Å². The number of likely N-dealkylation sites (N-methyl/N-ethyl adjacent to an activating group) is 1. The van der Waals surface area contributed by atoms with E-state index in [1.165, 1.54) is 31.4 Å². The van der Waals surface area contributed by atoms with Gasteiger partial charge in [-0.2, -0.15) is 26.3 Å². The molecule has 0 bridgehead atoms. The van der Waals surface area contributed by atoms with E-state index in [0.717, 1.165) is 18.0 Å².